The van der Waals surface area contributed by atoms with Crippen molar-refractivity contribution in [1.82, 2.24) is 10.6 Å². The molecule has 0 aliphatic heterocycles. The van der Waals surface area contributed by atoms with Crippen molar-refractivity contribution in [3.8, 4) is 0 Å². The molecule has 0 fully saturated rings. The Kier molecular flexibility index (Phi) is 6.29. The molecule has 1 amide bonds. The van der Waals surface area contributed by atoms with Crippen LogP contribution in [0.15, 0.2) is 24.3 Å². The number of benzene rings is 1. The quantitative estimate of drug-likeness (QED) is 0.611. The fourth-order valence-electron chi connectivity index (χ4n) is 1.40. The van der Waals surface area contributed by atoms with Crippen molar-refractivity contribution >= 4 is 5.91 Å². The molecule has 0 aliphatic rings. The smallest absolute Gasteiger partial charge is 0.251 e. The molecule has 0 radical (unpaired) electrons. The van der Waals surface area contributed by atoms with Crippen molar-refractivity contribution in [2.75, 3.05) is 26.2 Å². The monoisotopic (exact) mass is 236 g/mol. The number of carbonyl (C=O) groups excluding carboxylic acids is 1. The second-order valence-electron chi connectivity index (χ2n) is 3.95. The average Bonchev–Trinajstić information content (AvgIpc) is 2.34. The van der Waals surface area contributed by atoms with E-state index in [0.717, 1.165) is 25.1 Å². The summed E-state index contributed by atoms with van der Waals surface area (Å²) in [5, 5.41) is 14.5. The number of hydrogen-bond acceptors (Lipinski definition) is 3. The first-order valence-electron chi connectivity index (χ1n) is 5.90. The van der Waals surface area contributed by atoms with Gasteiger partial charge in [0, 0.05) is 25.3 Å². The number of hydrogen-bond donors (Lipinski definition) is 3. The number of aliphatic hydroxyl groups excluding tert-OH is 1. The predicted molar refractivity (Wildman–Crippen MR) is 68.1 cm³/mol. The van der Waals surface area contributed by atoms with E-state index in [1.807, 2.05) is 31.2 Å². The predicted octanol–water partition coefficient (Wildman–Crippen LogP) is 0.697. The van der Waals surface area contributed by atoms with Crippen molar-refractivity contribution in [3.05, 3.63) is 35.4 Å². The zero-order valence-corrected chi connectivity index (χ0v) is 10.2. The third-order valence-corrected chi connectivity index (χ3v) is 2.41. The summed E-state index contributed by atoms with van der Waals surface area (Å²) in [4.78, 5) is 11.7. The Morgan fingerprint density at radius 2 is 1.88 bits per heavy atom. The lowest BCUT2D eigenvalue weighted by atomic mass is 10.1. The van der Waals surface area contributed by atoms with Crippen LogP contribution in [0.5, 0.6) is 0 Å². The van der Waals surface area contributed by atoms with Crippen LogP contribution in [0.2, 0.25) is 0 Å². The maximum Gasteiger partial charge on any atom is 0.251 e. The van der Waals surface area contributed by atoms with Gasteiger partial charge in [-0.1, -0.05) is 17.7 Å². The molecule has 3 N–H and O–H groups in total. The van der Waals surface area contributed by atoms with Crippen LogP contribution < -0.4 is 10.6 Å². The Labute approximate surface area is 102 Å². The van der Waals surface area contributed by atoms with Gasteiger partial charge in [0.25, 0.3) is 5.91 Å². The summed E-state index contributed by atoms with van der Waals surface area (Å²) < 4.78 is 0. The highest BCUT2D eigenvalue weighted by Crippen LogP contribution is 2.02. The standard InChI is InChI=1S/C13H20N2O2/c1-11-3-5-12(6-4-11)13(17)15-9-8-14-7-2-10-16/h3-6,14,16H,2,7-10H2,1H3,(H,15,17). The summed E-state index contributed by atoms with van der Waals surface area (Å²) in [6.07, 6.45) is 0.742. The zero-order chi connectivity index (χ0) is 12.5. The van der Waals surface area contributed by atoms with E-state index < -0.39 is 0 Å². The zero-order valence-electron chi connectivity index (χ0n) is 10.2. The van der Waals surface area contributed by atoms with E-state index in [4.69, 9.17) is 5.11 Å². The molecule has 94 valence electrons. The molecular formula is C13H20N2O2. The van der Waals surface area contributed by atoms with Gasteiger partial charge in [0.2, 0.25) is 0 Å². The number of nitrogens with one attached hydrogen (secondary N) is 2. The first-order valence-corrected chi connectivity index (χ1v) is 5.90. The molecule has 0 saturated heterocycles. The minimum Gasteiger partial charge on any atom is -0.396 e. The Hall–Kier alpha value is -1.39. The van der Waals surface area contributed by atoms with Gasteiger partial charge in [-0.25, -0.2) is 0 Å². The highest BCUT2D eigenvalue weighted by atomic mass is 16.3. The summed E-state index contributed by atoms with van der Waals surface area (Å²) >= 11 is 0. The minimum atomic E-state index is -0.0473. The molecule has 0 bridgehead atoms. The van der Waals surface area contributed by atoms with Crippen LogP contribution in [0, 0.1) is 6.92 Å². The normalized spacial score (nSPS) is 10.2. The van der Waals surface area contributed by atoms with Crippen LogP contribution >= 0.6 is 0 Å². The molecule has 1 rings (SSSR count). The molecule has 17 heavy (non-hydrogen) atoms. The lowest BCUT2D eigenvalue weighted by Crippen LogP contribution is -2.32. The van der Waals surface area contributed by atoms with Crippen molar-refractivity contribution < 1.29 is 9.90 Å². The maximum atomic E-state index is 11.7. The van der Waals surface area contributed by atoms with Crippen LogP contribution in [-0.2, 0) is 0 Å². The Morgan fingerprint density at radius 3 is 2.53 bits per heavy atom. The number of carbonyl (C=O) groups is 1. The van der Waals surface area contributed by atoms with Gasteiger partial charge in [-0.3, -0.25) is 4.79 Å². The molecule has 1 aromatic carbocycles. The van der Waals surface area contributed by atoms with E-state index in [-0.39, 0.29) is 12.5 Å². The van der Waals surface area contributed by atoms with E-state index >= 15 is 0 Å². The van der Waals surface area contributed by atoms with Crippen LogP contribution in [0.3, 0.4) is 0 Å². The average molecular weight is 236 g/mol. The van der Waals surface area contributed by atoms with Crippen molar-refractivity contribution in [1.29, 1.82) is 0 Å². The van der Waals surface area contributed by atoms with Gasteiger partial charge in [-0.15, -0.1) is 0 Å². The van der Waals surface area contributed by atoms with Gasteiger partial charge in [0.05, 0.1) is 0 Å². The molecule has 0 atom stereocenters. The largest absolute Gasteiger partial charge is 0.396 e. The molecule has 0 aliphatic carbocycles. The molecule has 0 unspecified atom stereocenters. The van der Waals surface area contributed by atoms with Gasteiger partial charge < -0.3 is 15.7 Å². The van der Waals surface area contributed by atoms with E-state index in [2.05, 4.69) is 10.6 Å². The van der Waals surface area contributed by atoms with Gasteiger partial charge in [0.1, 0.15) is 0 Å². The molecule has 1 aromatic rings. The van der Waals surface area contributed by atoms with Gasteiger partial charge in [-0.05, 0) is 32.0 Å². The first kappa shape index (κ1) is 13.7. The van der Waals surface area contributed by atoms with Crippen LogP contribution in [0.1, 0.15) is 22.3 Å². The first-order chi connectivity index (χ1) is 8.24. The van der Waals surface area contributed by atoms with Gasteiger partial charge >= 0.3 is 0 Å². The fourth-order valence-corrected chi connectivity index (χ4v) is 1.40. The topological polar surface area (TPSA) is 61.4 Å². The van der Waals surface area contributed by atoms with E-state index in [0.29, 0.717) is 12.1 Å². The SMILES string of the molecule is Cc1ccc(C(=O)NCCNCCCO)cc1. The van der Waals surface area contributed by atoms with Crippen molar-refractivity contribution in [3.63, 3.8) is 0 Å². The fraction of sp³-hybridized carbons (Fsp3) is 0.462. The highest BCUT2D eigenvalue weighted by molar-refractivity contribution is 5.94. The number of aryl methyl sites for hydroxylation is 1. The third kappa shape index (κ3) is 5.47. The molecule has 4 nitrogen and oxygen atoms in total. The van der Waals surface area contributed by atoms with Crippen molar-refractivity contribution in [2.45, 2.75) is 13.3 Å². The number of amides is 1. The van der Waals surface area contributed by atoms with Crippen molar-refractivity contribution in [2.24, 2.45) is 0 Å². The summed E-state index contributed by atoms with van der Waals surface area (Å²) in [5.41, 5.74) is 1.83. The lowest BCUT2D eigenvalue weighted by Gasteiger charge is -2.06. The minimum absolute atomic E-state index is 0.0473. The van der Waals surface area contributed by atoms with E-state index in [1.165, 1.54) is 0 Å². The Bertz CT molecular complexity index is 336. The number of aliphatic hydroxyl groups is 1. The summed E-state index contributed by atoms with van der Waals surface area (Å²) in [7, 11) is 0. The number of rotatable bonds is 7. The molecular weight excluding hydrogens is 216 g/mol. The lowest BCUT2D eigenvalue weighted by molar-refractivity contribution is 0.0954. The van der Waals surface area contributed by atoms with Crippen LogP contribution in [-0.4, -0.2) is 37.3 Å². The van der Waals surface area contributed by atoms with Crippen LogP contribution in [0.25, 0.3) is 0 Å². The summed E-state index contributed by atoms with van der Waals surface area (Å²) in [6.45, 7) is 4.28. The Morgan fingerprint density at radius 1 is 1.18 bits per heavy atom. The third-order valence-electron chi connectivity index (χ3n) is 2.41. The van der Waals surface area contributed by atoms with Gasteiger partial charge in [0.15, 0.2) is 0 Å². The molecule has 0 saturated carbocycles. The van der Waals surface area contributed by atoms with E-state index in [9.17, 15) is 4.79 Å². The second-order valence-corrected chi connectivity index (χ2v) is 3.95. The maximum absolute atomic E-state index is 11.7. The molecule has 0 heterocycles. The molecule has 0 spiro atoms. The van der Waals surface area contributed by atoms with Crippen LogP contribution in [0.4, 0.5) is 0 Å². The summed E-state index contributed by atoms with van der Waals surface area (Å²) in [5.74, 6) is -0.0473. The van der Waals surface area contributed by atoms with Gasteiger partial charge in [-0.2, -0.15) is 0 Å². The highest BCUT2D eigenvalue weighted by Gasteiger charge is 2.02. The van der Waals surface area contributed by atoms with E-state index in [1.54, 1.807) is 0 Å². The summed E-state index contributed by atoms with van der Waals surface area (Å²) in [6, 6.07) is 7.50. The molecule has 4 heteroatoms. The Balaban J connectivity index is 2.19. The second kappa shape index (κ2) is 7.81. The molecule has 0 aromatic heterocycles.